The monoisotopic (exact) mass is 275 g/mol. The van der Waals surface area contributed by atoms with Crippen LogP contribution in [0.3, 0.4) is 0 Å². The van der Waals surface area contributed by atoms with Crippen molar-refractivity contribution in [3.8, 4) is 5.75 Å². The van der Waals surface area contributed by atoms with Gasteiger partial charge in [-0.25, -0.2) is 0 Å². The zero-order valence-electron chi connectivity index (χ0n) is 12.1. The number of Topliss-reactive ketones (excluding diaryl/α,β-unsaturated/α-hetero) is 2. The SMILES string of the molecule is CCOc1ccc(C(C)=O)cc1CN1CCC(=O)CC1. The Morgan fingerprint density at radius 1 is 1.30 bits per heavy atom. The zero-order valence-corrected chi connectivity index (χ0v) is 12.1. The molecule has 0 atom stereocenters. The first-order valence-corrected chi connectivity index (χ1v) is 7.11. The lowest BCUT2D eigenvalue weighted by molar-refractivity contribution is -0.121. The number of carbonyl (C=O) groups is 2. The van der Waals surface area contributed by atoms with E-state index in [2.05, 4.69) is 4.90 Å². The first kappa shape index (κ1) is 14.7. The first-order chi connectivity index (χ1) is 9.60. The molecular formula is C16H21NO3. The molecule has 0 aliphatic carbocycles. The van der Waals surface area contributed by atoms with Crippen LogP contribution in [0.2, 0.25) is 0 Å². The van der Waals surface area contributed by atoms with Gasteiger partial charge in [0.15, 0.2) is 5.78 Å². The van der Waals surface area contributed by atoms with E-state index in [0.29, 0.717) is 30.8 Å². The molecule has 0 spiro atoms. The Morgan fingerprint density at radius 3 is 2.60 bits per heavy atom. The highest BCUT2D eigenvalue weighted by atomic mass is 16.5. The molecule has 2 rings (SSSR count). The van der Waals surface area contributed by atoms with Crippen molar-refractivity contribution in [2.24, 2.45) is 0 Å². The number of nitrogens with zero attached hydrogens (tertiary/aromatic N) is 1. The van der Waals surface area contributed by atoms with E-state index in [1.165, 1.54) is 0 Å². The Hall–Kier alpha value is -1.68. The van der Waals surface area contributed by atoms with Gasteiger partial charge in [-0.05, 0) is 32.0 Å². The van der Waals surface area contributed by atoms with Gasteiger partial charge in [0.05, 0.1) is 6.61 Å². The van der Waals surface area contributed by atoms with Crippen LogP contribution in [0.25, 0.3) is 0 Å². The van der Waals surface area contributed by atoms with Crippen LogP contribution in [0.5, 0.6) is 5.75 Å². The predicted octanol–water partition coefficient (Wildman–Crippen LogP) is 2.45. The number of ether oxygens (including phenoxy) is 1. The molecular weight excluding hydrogens is 254 g/mol. The molecule has 108 valence electrons. The summed E-state index contributed by atoms with van der Waals surface area (Å²) in [5.74, 6) is 1.22. The summed E-state index contributed by atoms with van der Waals surface area (Å²) >= 11 is 0. The van der Waals surface area contributed by atoms with Gasteiger partial charge in [0.1, 0.15) is 11.5 Å². The molecule has 1 aliphatic rings. The molecule has 0 saturated carbocycles. The van der Waals surface area contributed by atoms with Gasteiger partial charge in [0.25, 0.3) is 0 Å². The molecule has 0 unspecified atom stereocenters. The molecule has 20 heavy (non-hydrogen) atoms. The molecule has 1 aliphatic heterocycles. The smallest absolute Gasteiger partial charge is 0.159 e. The Labute approximate surface area is 119 Å². The topological polar surface area (TPSA) is 46.6 Å². The van der Waals surface area contributed by atoms with Gasteiger partial charge in [0, 0.05) is 43.6 Å². The average Bonchev–Trinajstić information content (AvgIpc) is 2.43. The van der Waals surface area contributed by atoms with Crippen molar-refractivity contribution in [1.29, 1.82) is 0 Å². The highest BCUT2D eigenvalue weighted by Crippen LogP contribution is 2.23. The Morgan fingerprint density at radius 2 is 2.00 bits per heavy atom. The third-order valence-electron chi connectivity index (χ3n) is 3.57. The summed E-state index contributed by atoms with van der Waals surface area (Å²) in [6.45, 7) is 6.42. The normalized spacial score (nSPS) is 16.2. The summed E-state index contributed by atoms with van der Waals surface area (Å²) in [5.41, 5.74) is 1.73. The minimum absolute atomic E-state index is 0.0584. The number of hydrogen-bond acceptors (Lipinski definition) is 4. The van der Waals surface area contributed by atoms with Crippen LogP contribution in [-0.4, -0.2) is 36.2 Å². The summed E-state index contributed by atoms with van der Waals surface area (Å²) in [4.78, 5) is 25.0. The van der Waals surface area contributed by atoms with Crippen molar-refractivity contribution in [3.05, 3.63) is 29.3 Å². The lowest BCUT2D eigenvalue weighted by Crippen LogP contribution is -2.33. The number of rotatable bonds is 5. The van der Waals surface area contributed by atoms with Crippen LogP contribution in [0.15, 0.2) is 18.2 Å². The number of carbonyl (C=O) groups excluding carboxylic acids is 2. The summed E-state index contributed by atoms with van der Waals surface area (Å²) in [6, 6.07) is 5.57. The summed E-state index contributed by atoms with van der Waals surface area (Å²) in [7, 11) is 0. The summed E-state index contributed by atoms with van der Waals surface area (Å²) in [6.07, 6.45) is 1.24. The number of likely N-dealkylation sites (tertiary alicyclic amines) is 1. The van der Waals surface area contributed by atoms with E-state index in [1.807, 2.05) is 19.1 Å². The number of benzene rings is 1. The summed E-state index contributed by atoms with van der Waals surface area (Å²) < 4.78 is 5.63. The minimum Gasteiger partial charge on any atom is -0.494 e. The molecule has 0 radical (unpaired) electrons. The fourth-order valence-corrected chi connectivity index (χ4v) is 2.42. The first-order valence-electron chi connectivity index (χ1n) is 7.11. The molecule has 1 fully saturated rings. The van der Waals surface area contributed by atoms with Crippen LogP contribution < -0.4 is 4.74 Å². The minimum atomic E-state index is 0.0584. The molecule has 0 aromatic heterocycles. The Kier molecular flexibility index (Phi) is 4.90. The van der Waals surface area contributed by atoms with Crippen LogP contribution in [0.4, 0.5) is 0 Å². The maximum atomic E-state index is 11.5. The second kappa shape index (κ2) is 6.66. The average molecular weight is 275 g/mol. The largest absolute Gasteiger partial charge is 0.494 e. The van der Waals surface area contributed by atoms with E-state index >= 15 is 0 Å². The molecule has 1 aromatic rings. The quantitative estimate of drug-likeness (QED) is 0.774. The molecule has 0 N–H and O–H groups in total. The van der Waals surface area contributed by atoms with Crippen LogP contribution >= 0.6 is 0 Å². The lowest BCUT2D eigenvalue weighted by Gasteiger charge is -2.26. The van der Waals surface area contributed by atoms with E-state index in [4.69, 9.17) is 4.74 Å². The van der Waals surface area contributed by atoms with E-state index in [9.17, 15) is 9.59 Å². The van der Waals surface area contributed by atoms with Gasteiger partial charge in [-0.1, -0.05) is 0 Å². The van der Waals surface area contributed by atoms with E-state index < -0.39 is 0 Å². The highest BCUT2D eigenvalue weighted by Gasteiger charge is 2.18. The van der Waals surface area contributed by atoms with Crippen LogP contribution in [-0.2, 0) is 11.3 Å². The third-order valence-corrected chi connectivity index (χ3v) is 3.57. The molecule has 0 amide bonds. The molecule has 1 saturated heterocycles. The molecule has 1 heterocycles. The Bertz CT molecular complexity index is 500. The zero-order chi connectivity index (χ0) is 14.5. The standard InChI is InChI=1S/C16H21NO3/c1-3-20-16-5-4-13(12(2)18)10-14(16)11-17-8-6-15(19)7-9-17/h4-5,10H,3,6-9,11H2,1-2H3. The second-order valence-corrected chi connectivity index (χ2v) is 5.13. The third kappa shape index (κ3) is 3.67. The Balaban J connectivity index is 2.16. The van der Waals surface area contributed by atoms with Gasteiger partial charge in [-0.15, -0.1) is 0 Å². The van der Waals surface area contributed by atoms with Crippen LogP contribution in [0.1, 0.15) is 42.6 Å². The maximum absolute atomic E-state index is 11.5. The van der Waals surface area contributed by atoms with Gasteiger partial charge in [-0.2, -0.15) is 0 Å². The van der Waals surface area contributed by atoms with Crippen molar-refractivity contribution >= 4 is 11.6 Å². The molecule has 0 bridgehead atoms. The summed E-state index contributed by atoms with van der Waals surface area (Å²) in [5, 5.41) is 0. The van der Waals surface area contributed by atoms with Crippen molar-refractivity contribution in [2.45, 2.75) is 33.2 Å². The fourth-order valence-electron chi connectivity index (χ4n) is 2.42. The van der Waals surface area contributed by atoms with Crippen LogP contribution in [0, 0.1) is 0 Å². The van der Waals surface area contributed by atoms with Gasteiger partial charge >= 0.3 is 0 Å². The number of hydrogen-bond donors (Lipinski definition) is 0. The predicted molar refractivity (Wildman–Crippen MR) is 77.1 cm³/mol. The van der Waals surface area contributed by atoms with Crippen molar-refractivity contribution in [1.82, 2.24) is 4.90 Å². The highest BCUT2D eigenvalue weighted by molar-refractivity contribution is 5.94. The fraction of sp³-hybridized carbons (Fsp3) is 0.500. The lowest BCUT2D eigenvalue weighted by atomic mass is 10.0. The van der Waals surface area contributed by atoms with Crippen molar-refractivity contribution < 1.29 is 14.3 Å². The van der Waals surface area contributed by atoms with E-state index in [0.717, 1.165) is 30.9 Å². The molecule has 1 aromatic carbocycles. The van der Waals surface area contributed by atoms with Gasteiger partial charge in [-0.3, -0.25) is 14.5 Å². The molecule has 4 heteroatoms. The van der Waals surface area contributed by atoms with Gasteiger partial charge in [0.2, 0.25) is 0 Å². The second-order valence-electron chi connectivity index (χ2n) is 5.13. The van der Waals surface area contributed by atoms with Crippen molar-refractivity contribution in [2.75, 3.05) is 19.7 Å². The maximum Gasteiger partial charge on any atom is 0.159 e. The van der Waals surface area contributed by atoms with Crippen molar-refractivity contribution in [3.63, 3.8) is 0 Å². The van der Waals surface area contributed by atoms with E-state index in [1.54, 1.807) is 13.0 Å². The number of ketones is 2. The van der Waals surface area contributed by atoms with E-state index in [-0.39, 0.29) is 5.78 Å². The number of piperidine rings is 1. The molecule has 4 nitrogen and oxygen atoms in total. The van der Waals surface area contributed by atoms with Gasteiger partial charge < -0.3 is 4.74 Å².